The first-order valence-corrected chi connectivity index (χ1v) is 13.0. The van der Waals surface area contributed by atoms with Crippen LogP contribution in [0.15, 0.2) is 36.4 Å². The van der Waals surface area contributed by atoms with E-state index in [1.807, 2.05) is 0 Å². The van der Waals surface area contributed by atoms with Gasteiger partial charge >= 0.3 is 5.97 Å². The van der Waals surface area contributed by atoms with E-state index >= 15 is 0 Å². The molecule has 2 aromatic rings. The molecule has 0 radical (unpaired) electrons. The van der Waals surface area contributed by atoms with Crippen LogP contribution < -0.4 is 5.32 Å². The molecular formula is C22H23Cl3N2O5S. The highest BCUT2D eigenvalue weighted by Crippen LogP contribution is 2.27. The van der Waals surface area contributed by atoms with Gasteiger partial charge in [0.05, 0.1) is 38.9 Å². The number of rotatable bonds is 7. The van der Waals surface area contributed by atoms with Crippen LogP contribution in [0.4, 0.5) is 5.69 Å². The smallest absolute Gasteiger partial charge is 0.339 e. The van der Waals surface area contributed by atoms with Crippen molar-refractivity contribution in [1.29, 1.82) is 0 Å². The second kappa shape index (κ2) is 11.1. The van der Waals surface area contributed by atoms with E-state index in [1.54, 1.807) is 25.1 Å². The van der Waals surface area contributed by atoms with Crippen molar-refractivity contribution >= 4 is 62.4 Å². The van der Waals surface area contributed by atoms with Crippen LogP contribution in [0.1, 0.15) is 35.7 Å². The molecule has 0 spiro atoms. The molecule has 0 bridgehead atoms. The first-order valence-electron chi connectivity index (χ1n) is 10.3. The number of carbonyl (C=O) groups is 2. The molecule has 0 saturated carbocycles. The van der Waals surface area contributed by atoms with E-state index in [2.05, 4.69) is 5.32 Å². The zero-order valence-corrected chi connectivity index (χ0v) is 20.9. The van der Waals surface area contributed by atoms with Crippen molar-refractivity contribution in [1.82, 2.24) is 4.31 Å². The molecule has 0 aromatic heterocycles. The van der Waals surface area contributed by atoms with E-state index in [4.69, 9.17) is 39.5 Å². The largest absolute Gasteiger partial charge is 0.462 e. The van der Waals surface area contributed by atoms with Gasteiger partial charge in [0, 0.05) is 18.8 Å². The van der Waals surface area contributed by atoms with Gasteiger partial charge in [0.1, 0.15) is 0 Å². The summed E-state index contributed by atoms with van der Waals surface area (Å²) in [5.41, 5.74) is 1.13. The van der Waals surface area contributed by atoms with Crippen LogP contribution in [0.3, 0.4) is 0 Å². The summed E-state index contributed by atoms with van der Waals surface area (Å²) in [5.74, 6) is -1.62. The summed E-state index contributed by atoms with van der Waals surface area (Å²) in [7, 11) is -3.65. The van der Waals surface area contributed by atoms with Gasteiger partial charge in [-0.05, 0) is 55.7 Å². The van der Waals surface area contributed by atoms with Crippen molar-refractivity contribution in [2.45, 2.75) is 25.5 Å². The monoisotopic (exact) mass is 532 g/mol. The van der Waals surface area contributed by atoms with E-state index in [0.29, 0.717) is 35.7 Å². The first-order chi connectivity index (χ1) is 15.6. The number of sulfonamides is 1. The number of nitrogens with one attached hydrogen (secondary N) is 1. The highest BCUT2D eigenvalue weighted by atomic mass is 35.5. The molecule has 1 N–H and O–H groups in total. The van der Waals surface area contributed by atoms with E-state index in [9.17, 15) is 18.0 Å². The lowest BCUT2D eigenvalue weighted by atomic mass is 9.98. The van der Waals surface area contributed by atoms with Gasteiger partial charge in [-0.2, -0.15) is 0 Å². The molecule has 7 nitrogen and oxygen atoms in total. The Morgan fingerprint density at radius 1 is 1.09 bits per heavy atom. The number of hydrogen-bond donors (Lipinski definition) is 1. The van der Waals surface area contributed by atoms with Gasteiger partial charge in [-0.25, -0.2) is 17.5 Å². The lowest BCUT2D eigenvalue weighted by Gasteiger charge is -2.31. The van der Waals surface area contributed by atoms with Gasteiger partial charge < -0.3 is 10.1 Å². The van der Waals surface area contributed by atoms with Crippen LogP contribution in [0.25, 0.3) is 0 Å². The van der Waals surface area contributed by atoms with Crippen LogP contribution in [0.2, 0.25) is 15.1 Å². The highest BCUT2D eigenvalue weighted by Gasteiger charge is 2.32. The average Bonchev–Trinajstić information content (AvgIpc) is 2.76. The van der Waals surface area contributed by atoms with Crippen molar-refractivity contribution in [3.05, 3.63) is 62.6 Å². The molecule has 1 aliphatic rings. The van der Waals surface area contributed by atoms with Crippen molar-refractivity contribution < 1.29 is 22.7 Å². The van der Waals surface area contributed by atoms with Crippen molar-refractivity contribution in [3.63, 3.8) is 0 Å². The third-order valence-electron chi connectivity index (χ3n) is 5.21. The van der Waals surface area contributed by atoms with Crippen LogP contribution in [0, 0.1) is 5.92 Å². The summed E-state index contributed by atoms with van der Waals surface area (Å²) in [6, 6.07) is 9.19. The number of nitrogens with zero attached hydrogens (tertiary/aromatic N) is 1. The van der Waals surface area contributed by atoms with Gasteiger partial charge in [0.2, 0.25) is 15.9 Å². The third kappa shape index (κ3) is 6.61. The number of anilines is 1. The summed E-state index contributed by atoms with van der Waals surface area (Å²) in [6.45, 7) is 2.33. The van der Waals surface area contributed by atoms with Gasteiger partial charge in [-0.3, -0.25) is 4.79 Å². The number of carbonyl (C=O) groups excluding carboxylic acids is 2. The standard InChI is InChI=1S/C22H23Cl3N2O5S/c1-2-32-22(29)17-7-6-16(11-19(17)24)26-21(28)15-4-3-9-27(12-15)33(30,31)13-14-5-8-18(23)20(25)10-14/h5-8,10-11,15H,2-4,9,12-13H2,1H3,(H,26,28). The van der Waals surface area contributed by atoms with Crippen molar-refractivity contribution in [2.75, 3.05) is 25.0 Å². The molecule has 1 aliphatic heterocycles. The fourth-order valence-corrected chi connectivity index (χ4v) is 5.73. The maximum Gasteiger partial charge on any atom is 0.339 e. The molecule has 1 amide bonds. The molecule has 1 unspecified atom stereocenters. The van der Waals surface area contributed by atoms with Gasteiger partial charge in [-0.15, -0.1) is 0 Å². The molecular weight excluding hydrogens is 511 g/mol. The Labute approximate surface area is 208 Å². The van der Waals surface area contributed by atoms with E-state index in [0.717, 1.165) is 0 Å². The minimum Gasteiger partial charge on any atom is -0.462 e. The Bertz CT molecular complexity index is 1160. The Kier molecular flexibility index (Phi) is 8.64. The van der Waals surface area contributed by atoms with E-state index < -0.39 is 21.9 Å². The Balaban J connectivity index is 1.66. The summed E-state index contributed by atoms with van der Waals surface area (Å²) in [5, 5.41) is 3.55. The molecule has 178 valence electrons. The molecule has 2 aromatic carbocycles. The fourth-order valence-electron chi connectivity index (χ4n) is 3.55. The lowest BCUT2D eigenvalue weighted by Crippen LogP contribution is -2.44. The van der Waals surface area contributed by atoms with Crippen LogP contribution >= 0.6 is 34.8 Å². The Morgan fingerprint density at radius 3 is 2.52 bits per heavy atom. The zero-order chi connectivity index (χ0) is 24.2. The predicted molar refractivity (Wildman–Crippen MR) is 129 cm³/mol. The predicted octanol–water partition coefficient (Wildman–Crippen LogP) is 5.00. The lowest BCUT2D eigenvalue weighted by molar-refractivity contribution is -0.120. The van der Waals surface area contributed by atoms with Gasteiger partial charge in [-0.1, -0.05) is 40.9 Å². The topological polar surface area (TPSA) is 92.8 Å². The first kappa shape index (κ1) is 25.8. The molecule has 33 heavy (non-hydrogen) atoms. The van der Waals surface area contributed by atoms with E-state index in [-0.39, 0.29) is 40.4 Å². The number of amides is 1. The van der Waals surface area contributed by atoms with Gasteiger partial charge in [0.15, 0.2) is 0 Å². The number of piperidine rings is 1. The number of esters is 1. The maximum atomic E-state index is 12.9. The third-order valence-corrected chi connectivity index (χ3v) is 8.08. The minimum atomic E-state index is -3.65. The number of hydrogen-bond acceptors (Lipinski definition) is 5. The molecule has 11 heteroatoms. The second-order valence-corrected chi connectivity index (χ2v) is 10.8. The molecule has 1 fully saturated rings. The summed E-state index contributed by atoms with van der Waals surface area (Å²) in [4.78, 5) is 24.7. The number of ether oxygens (including phenoxy) is 1. The molecule has 1 saturated heterocycles. The molecule has 1 atom stereocenters. The average molecular weight is 534 g/mol. The van der Waals surface area contributed by atoms with Crippen LogP contribution in [0.5, 0.6) is 0 Å². The molecule has 3 rings (SSSR count). The number of halogens is 3. The minimum absolute atomic E-state index is 0.0735. The quantitative estimate of drug-likeness (QED) is 0.505. The van der Waals surface area contributed by atoms with Gasteiger partial charge in [0.25, 0.3) is 0 Å². The van der Waals surface area contributed by atoms with E-state index in [1.165, 1.54) is 22.5 Å². The maximum absolute atomic E-state index is 12.9. The summed E-state index contributed by atoms with van der Waals surface area (Å²) >= 11 is 18.0. The summed E-state index contributed by atoms with van der Waals surface area (Å²) in [6.07, 6.45) is 1.11. The molecule has 1 heterocycles. The molecule has 0 aliphatic carbocycles. The number of benzene rings is 2. The highest BCUT2D eigenvalue weighted by molar-refractivity contribution is 7.88. The fraction of sp³-hybridized carbons (Fsp3) is 0.364. The SMILES string of the molecule is CCOC(=O)c1ccc(NC(=O)C2CCCN(S(=O)(=O)Cc3ccc(Cl)c(Cl)c3)C2)cc1Cl. The zero-order valence-electron chi connectivity index (χ0n) is 17.8. The normalized spacial score (nSPS) is 16.9. The Morgan fingerprint density at radius 2 is 1.85 bits per heavy atom. The van der Waals surface area contributed by atoms with Crippen LogP contribution in [-0.4, -0.2) is 44.3 Å². The van der Waals surface area contributed by atoms with Crippen molar-refractivity contribution in [3.8, 4) is 0 Å². The Hall–Kier alpha value is -1.84. The van der Waals surface area contributed by atoms with Crippen LogP contribution in [-0.2, 0) is 25.3 Å². The van der Waals surface area contributed by atoms with Crippen molar-refractivity contribution in [2.24, 2.45) is 5.92 Å². The summed E-state index contributed by atoms with van der Waals surface area (Å²) < 4.78 is 32.1. The second-order valence-electron chi connectivity index (χ2n) is 7.61.